The van der Waals surface area contributed by atoms with E-state index in [-0.39, 0.29) is 10.9 Å². The number of halogens is 1. The van der Waals surface area contributed by atoms with Crippen molar-refractivity contribution in [3.63, 3.8) is 0 Å². The van der Waals surface area contributed by atoms with E-state index in [9.17, 15) is 12.8 Å². The van der Waals surface area contributed by atoms with Crippen molar-refractivity contribution < 1.29 is 12.8 Å². The maximum absolute atomic E-state index is 14.0. The molecule has 0 unspecified atom stereocenters. The van der Waals surface area contributed by atoms with Crippen molar-refractivity contribution in [1.29, 1.82) is 0 Å². The summed E-state index contributed by atoms with van der Waals surface area (Å²) >= 11 is 0. The molecule has 0 aromatic heterocycles. The third kappa shape index (κ3) is 2.38. The first-order valence-corrected chi connectivity index (χ1v) is 9.69. The van der Waals surface area contributed by atoms with E-state index >= 15 is 0 Å². The lowest BCUT2D eigenvalue weighted by Crippen LogP contribution is -2.55. The van der Waals surface area contributed by atoms with Crippen molar-refractivity contribution in [3.05, 3.63) is 29.6 Å². The molecule has 0 saturated heterocycles. The molecule has 4 aliphatic rings. The quantitative estimate of drug-likeness (QED) is 0.928. The summed E-state index contributed by atoms with van der Waals surface area (Å²) in [6.45, 7) is 1.78. The van der Waals surface area contributed by atoms with E-state index in [2.05, 4.69) is 4.72 Å². The van der Waals surface area contributed by atoms with Gasteiger partial charge in [-0.2, -0.15) is 0 Å². The molecule has 0 aliphatic heterocycles. The molecule has 1 aromatic carbocycles. The van der Waals surface area contributed by atoms with E-state index < -0.39 is 15.8 Å². The van der Waals surface area contributed by atoms with Crippen molar-refractivity contribution in [2.75, 3.05) is 0 Å². The van der Waals surface area contributed by atoms with E-state index in [1.165, 1.54) is 18.6 Å². The maximum atomic E-state index is 14.0. The first-order chi connectivity index (χ1) is 10.4. The summed E-state index contributed by atoms with van der Waals surface area (Å²) in [7, 11) is -3.78. The predicted molar refractivity (Wildman–Crippen MR) is 82.3 cm³/mol. The van der Waals surface area contributed by atoms with Gasteiger partial charge in [0.25, 0.3) is 0 Å². The van der Waals surface area contributed by atoms with Crippen LogP contribution in [0, 0.1) is 36.4 Å². The summed E-state index contributed by atoms with van der Waals surface area (Å²) in [5.74, 6) is 1.80. The van der Waals surface area contributed by atoms with Gasteiger partial charge in [-0.1, -0.05) is 6.07 Å². The smallest absolute Gasteiger partial charge is 0.207 e. The van der Waals surface area contributed by atoms with Crippen LogP contribution in [0.2, 0.25) is 0 Å². The second-order valence-corrected chi connectivity index (χ2v) is 9.19. The molecule has 0 amide bonds. The molecule has 5 heteroatoms. The Kier molecular flexibility index (Phi) is 3.35. The fourth-order valence-electron chi connectivity index (χ4n) is 5.18. The van der Waals surface area contributed by atoms with Crippen molar-refractivity contribution in [2.45, 2.75) is 50.0 Å². The molecule has 0 radical (unpaired) electrons. The van der Waals surface area contributed by atoms with Crippen LogP contribution in [0.3, 0.4) is 0 Å². The zero-order chi connectivity index (χ0) is 15.5. The van der Waals surface area contributed by atoms with Crippen LogP contribution in [0.1, 0.15) is 37.7 Å². The zero-order valence-corrected chi connectivity index (χ0v) is 13.6. The summed E-state index contributed by atoms with van der Waals surface area (Å²) in [6.07, 6.45) is 5.87. The molecule has 4 bridgehead atoms. The molecule has 4 aliphatic carbocycles. The van der Waals surface area contributed by atoms with Gasteiger partial charge in [-0.25, -0.2) is 17.5 Å². The molecule has 5 rings (SSSR count). The molecule has 22 heavy (non-hydrogen) atoms. The first kappa shape index (κ1) is 14.6. The summed E-state index contributed by atoms with van der Waals surface area (Å²) in [5.41, 5.74) is 0.756. The Morgan fingerprint density at radius 3 is 2.23 bits per heavy atom. The lowest BCUT2D eigenvalue weighted by atomic mass is 9.54. The van der Waals surface area contributed by atoms with Gasteiger partial charge in [-0.05, 0) is 80.4 Å². The van der Waals surface area contributed by atoms with Crippen LogP contribution in [-0.4, -0.2) is 14.5 Å². The molecule has 3 nitrogen and oxygen atoms in total. The second-order valence-electron chi connectivity index (χ2n) is 7.51. The largest absolute Gasteiger partial charge is 0.243 e. The predicted octanol–water partition coefficient (Wildman–Crippen LogP) is 3.24. The number of hydrogen-bond donors (Lipinski definition) is 1. The average Bonchev–Trinajstić information content (AvgIpc) is 2.44. The summed E-state index contributed by atoms with van der Waals surface area (Å²) < 4.78 is 42.1. The third-order valence-corrected chi connectivity index (χ3v) is 7.37. The van der Waals surface area contributed by atoms with Crippen LogP contribution in [0.25, 0.3) is 0 Å². The van der Waals surface area contributed by atoms with Gasteiger partial charge in [0.15, 0.2) is 0 Å². The van der Waals surface area contributed by atoms with Gasteiger partial charge in [-0.3, -0.25) is 0 Å². The van der Waals surface area contributed by atoms with Gasteiger partial charge in [0.1, 0.15) is 10.7 Å². The van der Waals surface area contributed by atoms with E-state index in [4.69, 9.17) is 0 Å². The molecule has 1 aromatic rings. The van der Waals surface area contributed by atoms with Gasteiger partial charge < -0.3 is 0 Å². The number of nitrogens with one attached hydrogen (secondary N) is 1. The topological polar surface area (TPSA) is 46.2 Å². The lowest BCUT2D eigenvalue weighted by Gasteiger charge is -2.54. The van der Waals surface area contributed by atoms with Crippen LogP contribution in [0.5, 0.6) is 0 Å². The van der Waals surface area contributed by atoms with Crippen LogP contribution >= 0.6 is 0 Å². The minimum Gasteiger partial charge on any atom is -0.207 e. The minimum absolute atomic E-state index is 0.00212. The van der Waals surface area contributed by atoms with Crippen molar-refractivity contribution in [2.24, 2.45) is 23.7 Å². The Hall–Kier alpha value is -0.940. The van der Waals surface area contributed by atoms with Crippen molar-refractivity contribution in [3.8, 4) is 0 Å². The van der Waals surface area contributed by atoms with Crippen LogP contribution < -0.4 is 4.72 Å². The average molecular weight is 323 g/mol. The minimum atomic E-state index is -3.78. The van der Waals surface area contributed by atoms with E-state index in [1.54, 1.807) is 13.0 Å². The number of hydrogen-bond acceptors (Lipinski definition) is 2. The highest BCUT2D eigenvalue weighted by atomic mass is 32.2. The van der Waals surface area contributed by atoms with Crippen LogP contribution in [-0.2, 0) is 10.0 Å². The highest BCUT2D eigenvalue weighted by molar-refractivity contribution is 7.89. The van der Waals surface area contributed by atoms with Crippen LogP contribution in [0.4, 0.5) is 4.39 Å². The summed E-state index contributed by atoms with van der Waals surface area (Å²) in [6, 6.07) is 4.25. The number of benzene rings is 1. The molecule has 4 saturated carbocycles. The van der Waals surface area contributed by atoms with Gasteiger partial charge in [0.05, 0.1) is 0 Å². The fraction of sp³-hybridized carbons (Fsp3) is 0.647. The lowest BCUT2D eigenvalue weighted by molar-refractivity contribution is -0.00559. The highest BCUT2D eigenvalue weighted by Gasteiger charge is 2.49. The van der Waals surface area contributed by atoms with Gasteiger partial charge in [-0.15, -0.1) is 0 Å². The third-order valence-electron chi connectivity index (χ3n) is 5.89. The number of sulfonamides is 1. The molecule has 0 spiro atoms. The molecular formula is C17H22FNO2S. The van der Waals surface area contributed by atoms with Crippen LogP contribution in [0.15, 0.2) is 23.1 Å². The van der Waals surface area contributed by atoms with Crippen molar-refractivity contribution in [1.82, 2.24) is 4.72 Å². The van der Waals surface area contributed by atoms with Crippen molar-refractivity contribution >= 4 is 10.0 Å². The maximum Gasteiger partial charge on any atom is 0.243 e. The van der Waals surface area contributed by atoms with Gasteiger partial charge in [0, 0.05) is 6.04 Å². The normalized spacial score (nSPS) is 36.7. The van der Waals surface area contributed by atoms with Gasteiger partial charge >= 0.3 is 0 Å². The number of rotatable bonds is 3. The first-order valence-electron chi connectivity index (χ1n) is 8.21. The van der Waals surface area contributed by atoms with E-state index in [0.717, 1.165) is 43.1 Å². The molecular weight excluding hydrogens is 301 g/mol. The Labute approximate surface area is 131 Å². The van der Waals surface area contributed by atoms with E-state index in [1.807, 2.05) is 0 Å². The Morgan fingerprint density at radius 2 is 1.64 bits per heavy atom. The molecule has 0 atom stereocenters. The Bertz CT molecular complexity index is 673. The Morgan fingerprint density at radius 1 is 1.05 bits per heavy atom. The number of aryl methyl sites for hydroxylation is 1. The van der Waals surface area contributed by atoms with Gasteiger partial charge in [0.2, 0.25) is 10.0 Å². The summed E-state index contributed by atoms with van der Waals surface area (Å²) in [5, 5.41) is 0. The highest BCUT2D eigenvalue weighted by Crippen LogP contribution is 2.53. The molecule has 120 valence electrons. The second kappa shape index (κ2) is 5.03. The SMILES string of the molecule is Cc1ccc(F)c(S(=O)(=O)NC2C3CC4CC(C3)CC2C4)c1. The molecule has 1 N–H and O–H groups in total. The molecule has 4 fully saturated rings. The monoisotopic (exact) mass is 323 g/mol. The Balaban J connectivity index is 1.61. The zero-order valence-electron chi connectivity index (χ0n) is 12.8. The fourth-order valence-corrected chi connectivity index (χ4v) is 6.71. The standard InChI is InChI=1S/C17H22FNO2S/c1-10-2-3-15(18)16(4-10)22(20,21)19-17-13-6-11-5-12(8-13)9-14(17)7-11/h2-4,11-14,17,19H,5-9H2,1H3. The van der Waals surface area contributed by atoms with E-state index in [0.29, 0.717) is 11.8 Å². The summed E-state index contributed by atoms with van der Waals surface area (Å²) in [4.78, 5) is -0.207. The molecule has 0 heterocycles.